The van der Waals surface area contributed by atoms with Gasteiger partial charge in [0, 0.05) is 10.0 Å². The van der Waals surface area contributed by atoms with Crippen LogP contribution in [0.25, 0.3) is 5.69 Å². The molecule has 94 valence electrons. The minimum absolute atomic E-state index is 0.167. The first-order chi connectivity index (χ1) is 8.52. The van der Waals surface area contributed by atoms with E-state index < -0.39 is 5.97 Å². The van der Waals surface area contributed by atoms with E-state index in [1.807, 2.05) is 0 Å². The van der Waals surface area contributed by atoms with Gasteiger partial charge in [0.05, 0.1) is 19.0 Å². The topological polar surface area (TPSA) is 70.1 Å². The van der Waals surface area contributed by atoms with Gasteiger partial charge in [-0.15, -0.1) is 0 Å². The first-order valence-electron chi connectivity index (χ1n) is 4.91. The highest BCUT2D eigenvalue weighted by Crippen LogP contribution is 2.24. The number of carbonyl (C=O) groups excluding carboxylic acids is 1. The Morgan fingerprint density at radius 1 is 1.33 bits per heavy atom. The van der Waals surface area contributed by atoms with Gasteiger partial charge in [-0.25, -0.2) is 9.48 Å². The lowest BCUT2D eigenvalue weighted by atomic mass is 10.3. The van der Waals surface area contributed by atoms with E-state index in [4.69, 9.17) is 28.9 Å². The minimum Gasteiger partial charge on any atom is -0.465 e. The molecule has 7 heteroatoms. The number of esters is 1. The average molecular weight is 286 g/mol. The highest BCUT2D eigenvalue weighted by Gasteiger charge is 2.16. The van der Waals surface area contributed by atoms with Crippen LogP contribution < -0.4 is 5.73 Å². The molecule has 0 saturated heterocycles. The molecule has 2 N–H and O–H groups in total. The Labute approximate surface area is 113 Å². The summed E-state index contributed by atoms with van der Waals surface area (Å²) in [6.45, 7) is 0. The third-order valence-corrected chi connectivity index (χ3v) is 2.74. The normalized spacial score (nSPS) is 10.4. The van der Waals surface area contributed by atoms with E-state index in [0.717, 1.165) is 0 Å². The van der Waals surface area contributed by atoms with Crippen molar-refractivity contribution in [3.63, 3.8) is 0 Å². The highest BCUT2D eigenvalue weighted by atomic mass is 35.5. The van der Waals surface area contributed by atoms with Crippen molar-refractivity contribution in [1.29, 1.82) is 0 Å². The molecular weight excluding hydrogens is 277 g/mol. The fourth-order valence-corrected chi connectivity index (χ4v) is 2.01. The maximum absolute atomic E-state index is 11.4. The second-order valence-corrected chi connectivity index (χ2v) is 4.35. The quantitative estimate of drug-likeness (QED) is 0.861. The highest BCUT2D eigenvalue weighted by molar-refractivity contribution is 6.34. The number of nitrogens with two attached hydrogens (primary N) is 1. The molecule has 18 heavy (non-hydrogen) atoms. The molecule has 2 rings (SSSR count). The molecule has 1 aromatic carbocycles. The molecule has 0 saturated carbocycles. The summed E-state index contributed by atoms with van der Waals surface area (Å²) in [5.41, 5.74) is 6.58. The molecule has 0 unspecified atom stereocenters. The number of rotatable bonds is 2. The number of halogens is 2. The number of aromatic nitrogens is 2. The van der Waals surface area contributed by atoms with Crippen LogP contribution in [0.4, 0.5) is 5.82 Å². The minimum atomic E-state index is -0.549. The Balaban J connectivity index is 2.52. The number of hydrogen-bond donors (Lipinski definition) is 1. The molecule has 0 amide bonds. The van der Waals surface area contributed by atoms with Crippen molar-refractivity contribution >= 4 is 35.0 Å². The van der Waals surface area contributed by atoms with Crippen molar-refractivity contribution in [1.82, 2.24) is 9.78 Å². The van der Waals surface area contributed by atoms with Gasteiger partial charge in [-0.3, -0.25) is 0 Å². The molecule has 5 nitrogen and oxygen atoms in total. The van der Waals surface area contributed by atoms with E-state index in [2.05, 4.69) is 9.84 Å². The van der Waals surface area contributed by atoms with Gasteiger partial charge in [-0.05, 0) is 18.2 Å². The van der Waals surface area contributed by atoms with E-state index >= 15 is 0 Å². The maximum Gasteiger partial charge on any atom is 0.343 e. The second-order valence-electron chi connectivity index (χ2n) is 3.47. The van der Waals surface area contributed by atoms with Gasteiger partial charge >= 0.3 is 5.97 Å². The molecule has 0 aliphatic heterocycles. The molecule has 0 radical (unpaired) electrons. The van der Waals surface area contributed by atoms with E-state index in [9.17, 15) is 4.79 Å². The molecular formula is C11H9Cl2N3O2. The van der Waals surface area contributed by atoms with Gasteiger partial charge in [0.2, 0.25) is 0 Å². The van der Waals surface area contributed by atoms with Gasteiger partial charge in [0.25, 0.3) is 0 Å². The second kappa shape index (κ2) is 4.88. The number of methoxy groups -OCH3 is 1. The van der Waals surface area contributed by atoms with Crippen molar-refractivity contribution < 1.29 is 9.53 Å². The van der Waals surface area contributed by atoms with Crippen LogP contribution >= 0.6 is 23.2 Å². The van der Waals surface area contributed by atoms with Crippen LogP contribution in [0.3, 0.4) is 0 Å². The zero-order valence-electron chi connectivity index (χ0n) is 9.35. The standard InChI is InChI=1S/C11H9Cl2N3O2/c1-18-11(17)9-5-15-16(10(9)14)8-3-6(12)2-7(13)4-8/h2-5H,14H2,1H3. The number of anilines is 1. The lowest BCUT2D eigenvalue weighted by Crippen LogP contribution is -2.07. The van der Waals surface area contributed by atoms with Crippen LogP contribution in [-0.4, -0.2) is 22.9 Å². The van der Waals surface area contributed by atoms with Gasteiger partial charge < -0.3 is 10.5 Å². The summed E-state index contributed by atoms with van der Waals surface area (Å²) in [7, 11) is 1.27. The summed E-state index contributed by atoms with van der Waals surface area (Å²) in [4.78, 5) is 11.4. The van der Waals surface area contributed by atoms with Crippen molar-refractivity contribution in [2.45, 2.75) is 0 Å². The molecule has 2 aromatic rings. The van der Waals surface area contributed by atoms with Gasteiger partial charge in [0.15, 0.2) is 0 Å². The number of carbonyl (C=O) groups is 1. The molecule has 0 aliphatic rings. The smallest absolute Gasteiger partial charge is 0.343 e. The summed E-state index contributed by atoms with van der Waals surface area (Å²) >= 11 is 11.8. The summed E-state index contributed by atoms with van der Waals surface area (Å²) < 4.78 is 5.95. The fourth-order valence-electron chi connectivity index (χ4n) is 1.49. The number of hydrogen-bond acceptors (Lipinski definition) is 4. The summed E-state index contributed by atoms with van der Waals surface area (Å²) in [6, 6.07) is 4.86. The average Bonchev–Trinajstić information content (AvgIpc) is 2.69. The number of benzene rings is 1. The molecule has 0 fully saturated rings. The summed E-state index contributed by atoms with van der Waals surface area (Å²) in [5, 5.41) is 4.91. The summed E-state index contributed by atoms with van der Waals surface area (Å²) in [6.07, 6.45) is 1.33. The molecule has 1 aromatic heterocycles. The Hall–Kier alpha value is -1.72. The largest absolute Gasteiger partial charge is 0.465 e. The Morgan fingerprint density at radius 2 is 1.94 bits per heavy atom. The van der Waals surface area contributed by atoms with Crippen LogP contribution in [0.1, 0.15) is 10.4 Å². The number of nitrogen functional groups attached to an aromatic ring is 1. The van der Waals surface area contributed by atoms with Gasteiger partial charge in [-0.2, -0.15) is 5.10 Å². The predicted octanol–water partition coefficient (Wildman–Crippen LogP) is 2.55. The first-order valence-corrected chi connectivity index (χ1v) is 5.67. The monoisotopic (exact) mass is 285 g/mol. The van der Waals surface area contributed by atoms with Crippen molar-refractivity contribution in [2.75, 3.05) is 12.8 Å². The van der Waals surface area contributed by atoms with E-state index in [1.165, 1.54) is 18.0 Å². The van der Waals surface area contributed by atoms with Crippen molar-refractivity contribution in [3.05, 3.63) is 40.0 Å². The molecule has 0 spiro atoms. The lowest BCUT2D eigenvalue weighted by Gasteiger charge is -2.06. The van der Waals surface area contributed by atoms with E-state index in [0.29, 0.717) is 15.7 Å². The van der Waals surface area contributed by atoms with E-state index in [-0.39, 0.29) is 11.4 Å². The Morgan fingerprint density at radius 3 is 2.50 bits per heavy atom. The molecule has 1 heterocycles. The van der Waals surface area contributed by atoms with Crippen LogP contribution in [0, 0.1) is 0 Å². The number of nitrogens with zero attached hydrogens (tertiary/aromatic N) is 2. The van der Waals surface area contributed by atoms with E-state index in [1.54, 1.807) is 18.2 Å². The molecule has 0 aliphatic carbocycles. The third kappa shape index (κ3) is 2.27. The zero-order valence-corrected chi connectivity index (χ0v) is 10.9. The van der Waals surface area contributed by atoms with Crippen molar-refractivity contribution in [3.8, 4) is 5.69 Å². The number of ether oxygens (including phenoxy) is 1. The fraction of sp³-hybridized carbons (Fsp3) is 0.0909. The van der Waals surface area contributed by atoms with Crippen LogP contribution in [-0.2, 0) is 4.74 Å². The van der Waals surface area contributed by atoms with Gasteiger partial charge in [-0.1, -0.05) is 23.2 Å². The Bertz CT molecular complexity index is 590. The first kappa shape index (κ1) is 12.7. The van der Waals surface area contributed by atoms with Crippen LogP contribution in [0.2, 0.25) is 10.0 Å². The maximum atomic E-state index is 11.4. The van der Waals surface area contributed by atoms with Gasteiger partial charge in [0.1, 0.15) is 11.4 Å². The van der Waals surface area contributed by atoms with Crippen LogP contribution in [0.5, 0.6) is 0 Å². The lowest BCUT2D eigenvalue weighted by molar-refractivity contribution is 0.0602. The predicted molar refractivity (Wildman–Crippen MR) is 69.3 cm³/mol. The van der Waals surface area contributed by atoms with Crippen molar-refractivity contribution in [2.24, 2.45) is 0 Å². The SMILES string of the molecule is COC(=O)c1cnn(-c2cc(Cl)cc(Cl)c2)c1N. The molecule has 0 atom stereocenters. The third-order valence-electron chi connectivity index (χ3n) is 2.30. The Kier molecular flexibility index (Phi) is 3.45. The molecule has 0 bridgehead atoms. The zero-order chi connectivity index (χ0) is 13.3. The van der Waals surface area contributed by atoms with Crippen LogP contribution in [0.15, 0.2) is 24.4 Å². The summed E-state index contributed by atoms with van der Waals surface area (Å²) in [5.74, 6) is -0.382.